The van der Waals surface area contributed by atoms with Crippen LogP contribution in [0.1, 0.15) is 15.4 Å². The smallest absolute Gasteiger partial charge is 0.243 e. The summed E-state index contributed by atoms with van der Waals surface area (Å²) in [7, 11) is 1.54. The van der Waals surface area contributed by atoms with Crippen molar-refractivity contribution in [2.75, 3.05) is 7.11 Å². The Balaban J connectivity index is 2.41. The molecule has 2 aromatic rings. The monoisotopic (exact) mass is 286 g/mol. The summed E-state index contributed by atoms with van der Waals surface area (Å²) in [6, 6.07) is 3.45. The topological polar surface area (TPSA) is 39.4 Å². The molecule has 2 rings (SSSR count). The lowest BCUT2D eigenvalue weighted by atomic mass is 10.2. The van der Waals surface area contributed by atoms with Crippen molar-refractivity contribution >= 4 is 33.0 Å². The van der Waals surface area contributed by atoms with Crippen LogP contribution in [0, 0.1) is 0 Å². The molecule has 0 atom stereocenters. The van der Waals surface area contributed by atoms with Gasteiger partial charge in [0, 0.05) is 0 Å². The fourth-order valence-corrected chi connectivity index (χ4v) is 2.36. The van der Waals surface area contributed by atoms with Crippen molar-refractivity contribution in [3.63, 3.8) is 0 Å². The van der Waals surface area contributed by atoms with E-state index in [0.29, 0.717) is 20.9 Å². The number of carbonyl (C=O) groups excluding carboxylic acids is 1. The van der Waals surface area contributed by atoms with Gasteiger partial charge in [-0.15, -0.1) is 11.3 Å². The molecule has 0 aromatic carbocycles. The number of halogens is 1. The SMILES string of the molecule is COc1ccsc1C(=O)c1occc1Br. The molecule has 0 fully saturated rings. The minimum Gasteiger partial charge on any atom is -0.495 e. The zero-order chi connectivity index (χ0) is 10.8. The van der Waals surface area contributed by atoms with Gasteiger partial charge >= 0.3 is 0 Å². The third kappa shape index (κ3) is 1.85. The fourth-order valence-electron chi connectivity index (χ4n) is 1.18. The van der Waals surface area contributed by atoms with Crippen LogP contribution >= 0.6 is 27.3 Å². The number of carbonyl (C=O) groups is 1. The molecule has 0 aliphatic carbocycles. The summed E-state index contributed by atoms with van der Waals surface area (Å²) in [6.07, 6.45) is 1.47. The van der Waals surface area contributed by atoms with E-state index in [0.717, 1.165) is 0 Å². The van der Waals surface area contributed by atoms with Gasteiger partial charge in [0.1, 0.15) is 10.6 Å². The van der Waals surface area contributed by atoms with Gasteiger partial charge in [-0.2, -0.15) is 0 Å². The van der Waals surface area contributed by atoms with Crippen LogP contribution in [0.25, 0.3) is 0 Å². The van der Waals surface area contributed by atoms with Crippen molar-refractivity contribution in [3.05, 3.63) is 38.9 Å². The van der Waals surface area contributed by atoms with Crippen molar-refractivity contribution in [3.8, 4) is 5.75 Å². The van der Waals surface area contributed by atoms with Crippen LogP contribution in [0.3, 0.4) is 0 Å². The van der Waals surface area contributed by atoms with E-state index in [1.165, 1.54) is 24.7 Å². The average molecular weight is 287 g/mol. The minimum atomic E-state index is -0.168. The lowest BCUT2D eigenvalue weighted by Crippen LogP contribution is -1.99. The van der Waals surface area contributed by atoms with Crippen LogP contribution in [0.15, 0.2) is 32.7 Å². The Morgan fingerprint density at radius 3 is 2.93 bits per heavy atom. The highest BCUT2D eigenvalue weighted by Crippen LogP contribution is 2.29. The van der Waals surface area contributed by atoms with E-state index >= 15 is 0 Å². The molecule has 0 saturated carbocycles. The second-order valence-corrected chi connectivity index (χ2v) is 4.52. The Kier molecular flexibility index (Phi) is 2.93. The van der Waals surface area contributed by atoms with Gasteiger partial charge in [0.15, 0.2) is 5.76 Å². The van der Waals surface area contributed by atoms with Crippen molar-refractivity contribution in [2.45, 2.75) is 0 Å². The maximum Gasteiger partial charge on any atom is 0.243 e. The lowest BCUT2D eigenvalue weighted by Gasteiger charge is -1.99. The van der Waals surface area contributed by atoms with Gasteiger partial charge < -0.3 is 9.15 Å². The number of hydrogen-bond donors (Lipinski definition) is 0. The Bertz CT molecular complexity index is 486. The first kappa shape index (κ1) is 10.4. The van der Waals surface area contributed by atoms with Gasteiger partial charge in [-0.1, -0.05) is 0 Å². The van der Waals surface area contributed by atoms with Gasteiger partial charge in [-0.3, -0.25) is 4.79 Å². The first-order valence-corrected chi connectivity index (χ1v) is 5.80. The Morgan fingerprint density at radius 1 is 1.53 bits per heavy atom. The maximum atomic E-state index is 12.0. The molecule has 0 unspecified atom stereocenters. The van der Waals surface area contributed by atoms with Gasteiger partial charge in [-0.25, -0.2) is 0 Å². The highest BCUT2D eigenvalue weighted by molar-refractivity contribution is 9.10. The van der Waals surface area contributed by atoms with Gasteiger partial charge in [0.2, 0.25) is 5.78 Å². The molecule has 0 bridgehead atoms. The third-order valence-electron chi connectivity index (χ3n) is 1.88. The summed E-state index contributed by atoms with van der Waals surface area (Å²) in [6.45, 7) is 0. The predicted octanol–water partition coefficient (Wildman–Crippen LogP) is 3.34. The normalized spacial score (nSPS) is 10.3. The second-order valence-electron chi connectivity index (χ2n) is 2.74. The van der Waals surface area contributed by atoms with Gasteiger partial charge in [0.05, 0.1) is 17.8 Å². The quantitative estimate of drug-likeness (QED) is 0.813. The summed E-state index contributed by atoms with van der Waals surface area (Å²) < 4.78 is 10.8. The number of rotatable bonds is 3. The molecular weight excluding hydrogens is 280 g/mol. The first-order chi connectivity index (χ1) is 7.24. The molecule has 2 heterocycles. The Labute approximate surface area is 98.8 Å². The van der Waals surface area contributed by atoms with E-state index in [2.05, 4.69) is 15.9 Å². The van der Waals surface area contributed by atoms with Crippen molar-refractivity contribution in [1.29, 1.82) is 0 Å². The molecule has 0 aliphatic heterocycles. The van der Waals surface area contributed by atoms with Crippen molar-refractivity contribution in [2.24, 2.45) is 0 Å². The van der Waals surface area contributed by atoms with E-state index in [9.17, 15) is 4.79 Å². The van der Waals surface area contributed by atoms with E-state index < -0.39 is 0 Å². The lowest BCUT2D eigenvalue weighted by molar-refractivity contribution is 0.101. The summed E-state index contributed by atoms with van der Waals surface area (Å²) in [5.41, 5.74) is 0. The van der Waals surface area contributed by atoms with E-state index in [4.69, 9.17) is 9.15 Å². The summed E-state index contributed by atoms with van der Waals surface area (Å²) >= 11 is 4.58. The summed E-state index contributed by atoms with van der Waals surface area (Å²) in [5.74, 6) is 0.711. The molecule has 0 N–H and O–H groups in total. The second kappa shape index (κ2) is 4.20. The zero-order valence-corrected chi connectivity index (χ0v) is 10.2. The predicted molar refractivity (Wildman–Crippen MR) is 60.7 cm³/mol. The van der Waals surface area contributed by atoms with Crippen LogP contribution in [0.4, 0.5) is 0 Å². The Morgan fingerprint density at radius 2 is 2.33 bits per heavy atom. The molecule has 78 valence electrons. The number of ether oxygens (including phenoxy) is 1. The van der Waals surface area contributed by atoms with Crippen molar-refractivity contribution < 1.29 is 13.9 Å². The van der Waals surface area contributed by atoms with Crippen LogP contribution in [0.2, 0.25) is 0 Å². The molecule has 0 saturated heterocycles. The highest BCUT2D eigenvalue weighted by Gasteiger charge is 2.20. The highest BCUT2D eigenvalue weighted by atomic mass is 79.9. The number of thiophene rings is 1. The molecule has 0 aliphatic rings. The number of methoxy groups -OCH3 is 1. The molecule has 15 heavy (non-hydrogen) atoms. The van der Waals surface area contributed by atoms with Crippen molar-refractivity contribution in [1.82, 2.24) is 0 Å². The number of hydrogen-bond acceptors (Lipinski definition) is 4. The standard InChI is InChI=1S/C10H7BrO3S/c1-13-7-3-5-15-10(7)8(12)9-6(11)2-4-14-9/h2-5H,1H3. The molecule has 0 radical (unpaired) electrons. The summed E-state index contributed by atoms with van der Waals surface area (Å²) in [5, 5.41) is 1.81. The first-order valence-electron chi connectivity index (χ1n) is 4.13. The van der Waals surface area contributed by atoms with E-state index in [1.807, 2.05) is 5.38 Å². The summed E-state index contributed by atoms with van der Waals surface area (Å²) in [4.78, 5) is 12.5. The molecule has 5 heteroatoms. The third-order valence-corrected chi connectivity index (χ3v) is 3.40. The van der Waals surface area contributed by atoms with E-state index in [-0.39, 0.29) is 5.78 Å². The molecular formula is C10H7BrO3S. The molecule has 0 spiro atoms. The van der Waals surface area contributed by atoms with E-state index in [1.54, 1.807) is 12.1 Å². The van der Waals surface area contributed by atoms with Gasteiger partial charge in [-0.05, 0) is 33.4 Å². The fraction of sp³-hybridized carbons (Fsp3) is 0.100. The molecule has 3 nitrogen and oxygen atoms in total. The van der Waals surface area contributed by atoms with Crippen LogP contribution in [0.5, 0.6) is 5.75 Å². The zero-order valence-electron chi connectivity index (χ0n) is 7.82. The minimum absolute atomic E-state index is 0.168. The largest absolute Gasteiger partial charge is 0.495 e. The number of furan rings is 1. The van der Waals surface area contributed by atoms with Crippen LogP contribution < -0.4 is 4.74 Å². The Hall–Kier alpha value is -1.07. The molecule has 2 aromatic heterocycles. The molecule has 0 amide bonds. The van der Waals surface area contributed by atoms with Gasteiger partial charge in [0.25, 0.3) is 0 Å². The number of ketones is 1. The van der Waals surface area contributed by atoms with Crippen LogP contribution in [-0.2, 0) is 0 Å². The van der Waals surface area contributed by atoms with Crippen LogP contribution in [-0.4, -0.2) is 12.9 Å². The average Bonchev–Trinajstić information content (AvgIpc) is 2.84. The maximum absolute atomic E-state index is 12.0.